The van der Waals surface area contributed by atoms with Gasteiger partial charge in [0.2, 0.25) is 0 Å². The number of nitriles is 1. The third-order valence-corrected chi connectivity index (χ3v) is 4.54. The van der Waals surface area contributed by atoms with Gasteiger partial charge in [-0.1, -0.05) is 18.2 Å². The summed E-state index contributed by atoms with van der Waals surface area (Å²) in [5, 5.41) is 10.0. The lowest BCUT2D eigenvalue weighted by Crippen LogP contribution is -2.47. The molecular weight excluding hydrogens is 317 g/mol. The number of para-hydroxylation sites is 2. The van der Waals surface area contributed by atoms with Gasteiger partial charge in [0.1, 0.15) is 29.5 Å². The smallest absolute Gasteiger partial charge is 0.149 e. The molecule has 124 valence electrons. The van der Waals surface area contributed by atoms with Crippen molar-refractivity contribution in [2.75, 3.05) is 36.0 Å². The van der Waals surface area contributed by atoms with Crippen molar-refractivity contribution in [1.82, 2.24) is 9.97 Å². The molecule has 1 aliphatic heterocycles. The van der Waals surface area contributed by atoms with Gasteiger partial charge < -0.3 is 9.80 Å². The van der Waals surface area contributed by atoms with Gasteiger partial charge >= 0.3 is 0 Å². The zero-order valence-corrected chi connectivity index (χ0v) is 13.6. The normalized spacial score (nSPS) is 14.6. The molecule has 0 atom stereocenters. The third-order valence-electron chi connectivity index (χ3n) is 4.54. The Balaban J connectivity index is 1.59. The number of fused-ring (bicyclic) bond motifs is 1. The summed E-state index contributed by atoms with van der Waals surface area (Å²) in [4.78, 5) is 12.8. The number of hydrogen-bond donors (Lipinski definition) is 0. The highest BCUT2D eigenvalue weighted by Crippen LogP contribution is 2.27. The third kappa shape index (κ3) is 2.74. The minimum atomic E-state index is -0.331. The molecule has 0 saturated carbocycles. The Labute approximate surface area is 145 Å². The number of aromatic nitrogens is 2. The van der Waals surface area contributed by atoms with E-state index in [0.29, 0.717) is 11.1 Å². The molecule has 3 aromatic rings. The Morgan fingerprint density at radius 1 is 0.920 bits per heavy atom. The highest BCUT2D eigenvalue weighted by atomic mass is 19.1. The zero-order chi connectivity index (χ0) is 17.2. The van der Waals surface area contributed by atoms with Crippen LogP contribution in [0.3, 0.4) is 0 Å². The highest BCUT2D eigenvalue weighted by Gasteiger charge is 2.22. The molecule has 1 saturated heterocycles. The summed E-state index contributed by atoms with van der Waals surface area (Å²) in [7, 11) is 0. The van der Waals surface area contributed by atoms with Crippen molar-refractivity contribution in [2.45, 2.75) is 0 Å². The van der Waals surface area contributed by atoms with Crippen molar-refractivity contribution in [1.29, 1.82) is 5.26 Å². The van der Waals surface area contributed by atoms with E-state index in [1.165, 1.54) is 12.4 Å². The first-order valence-corrected chi connectivity index (χ1v) is 8.16. The van der Waals surface area contributed by atoms with Crippen LogP contribution in [0.2, 0.25) is 0 Å². The van der Waals surface area contributed by atoms with Gasteiger partial charge in [0, 0.05) is 31.6 Å². The van der Waals surface area contributed by atoms with Crippen LogP contribution in [0.25, 0.3) is 10.9 Å². The lowest BCUT2D eigenvalue weighted by molar-refractivity contribution is 0.634. The Hall–Kier alpha value is -3.20. The van der Waals surface area contributed by atoms with Crippen LogP contribution in [0, 0.1) is 17.1 Å². The molecule has 0 amide bonds. The predicted octanol–water partition coefficient (Wildman–Crippen LogP) is 2.97. The fraction of sp³-hybridized carbons (Fsp3) is 0.211. The Morgan fingerprint density at radius 3 is 2.48 bits per heavy atom. The summed E-state index contributed by atoms with van der Waals surface area (Å²) in [5.74, 6) is 0.431. The van der Waals surface area contributed by atoms with E-state index in [1.807, 2.05) is 30.3 Å². The second kappa shape index (κ2) is 6.36. The number of anilines is 2. The summed E-state index contributed by atoms with van der Waals surface area (Å²) >= 11 is 0. The Kier molecular flexibility index (Phi) is 3.90. The first-order chi connectivity index (χ1) is 12.3. The summed E-state index contributed by atoms with van der Waals surface area (Å²) in [6, 6.07) is 14.8. The van der Waals surface area contributed by atoms with Gasteiger partial charge in [0.25, 0.3) is 0 Å². The van der Waals surface area contributed by atoms with Crippen LogP contribution in [0.5, 0.6) is 0 Å². The van der Waals surface area contributed by atoms with Gasteiger partial charge in [-0.3, -0.25) is 0 Å². The maximum atomic E-state index is 14.0. The molecule has 1 aromatic heterocycles. The molecule has 0 unspecified atom stereocenters. The van der Waals surface area contributed by atoms with Crippen molar-refractivity contribution in [2.24, 2.45) is 0 Å². The van der Waals surface area contributed by atoms with Crippen LogP contribution in [0.1, 0.15) is 5.56 Å². The topological polar surface area (TPSA) is 56.1 Å². The molecule has 0 spiro atoms. The maximum Gasteiger partial charge on any atom is 0.149 e. The SMILES string of the molecule is N#Cc1ccccc1N1CCN(c2ncnc3c(F)cccc23)CC1. The van der Waals surface area contributed by atoms with Crippen molar-refractivity contribution >= 4 is 22.4 Å². The fourth-order valence-corrected chi connectivity index (χ4v) is 3.29. The second-order valence-corrected chi connectivity index (χ2v) is 5.94. The molecule has 4 rings (SSSR count). The molecule has 1 aliphatic rings. The molecule has 25 heavy (non-hydrogen) atoms. The van der Waals surface area contributed by atoms with Crippen molar-refractivity contribution in [3.05, 3.63) is 60.2 Å². The largest absolute Gasteiger partial charge is 0.367 e. The molecule has 0 aliphatic carbocycles. The molecule has 6 heteroatoms. The van der Waals surface area contributed by atoms with Crippen molar-refractivity contribution < 1.29 is 4.39 Å². The maximum absolute atomic E-state index is 14.0. The number of rotatable bonds is 2. The number of nitrogens with zero attached hydrogens (tertiary/aromatic N) is 5. The lowest BCUT2D eigenvalue weighted by atomic mass is 10.1. The molecule has 0 N–H and O–H groups in total. The van der Waals surface area contributed by atoms with E-state index in [0.717, 1.165) is 43.1 Å². The van der Waals surface area contributed by atoms with Gasteiger partial charge in [-0.15, -0.1) is 0 Å². The highest BCUT2D eigenvalue weighted by molar-refractivity contribution is 5.89. The molecule has 0 radical (unpaired) electrons. The minimum absolute atomic E-state index is 0.331. The first kappa shape index (κ1) is 15.3. The van der Waals surface area contributed by atoms with Crippen LogP contribution in [-0.4, -0.2) is 36.1 Å². The number of halogens is 1. The Morgan fingerprint density at radius 2 is 1.68 bits per heavy atom. The molecule has 2 heterocycles. The van der Waals surface area contributed by atoms with Gasteiger partial charge in [-0.05, 0) is 24.3 Å². The zero-order valence-electron chi connectivity index (χ0n) is 13.6. The number of piperazine rings is 1. The summed E-state index contributed by atoms with van der Waals surface area (Å²) in [6.45, 7) is 3.06. The van der Waals surface area contributed by atoms with E-state index in [1.54, 1.807) is 6.07 Å². The van der Waals surface area contributed by atoms with Crippen molar-refractivity contribution in [3.63, 3.8) is 0 Å². The standard InChI is InChI=1S/C19H16FN5/c20-16-6-3-5-15-18(16)22-13-23-19(15)25-10-8-24(9-11-25)17-7-2-1-4-14(17)12-21/h1-7,13H,8-11H2. The van der Waals surface area contributed by atoms with Crippen molar-refractivity contribution in [3.8, 4) is 6.07 Å². The van der Waals surface area contributed by atoms with Gasteiger partial charge in [0.15, 0.2) is 0 Å². The summed E-state index contributed by atoms with van der Waals surface area (Å²) in [5.41, 5.74) is 2.00. The van der Waals surface area contributed by atoms with E-state index in [9.17, 15) is 9.65 Å². The summed E-state index contributed by atoms with van der Waals surface area (Å²) < 4.78 is 14.0. The van der Waals surface area contributed by atoms with E-state index < -0.39 is 0 Å². The molecule has 5 nitrogen and oxygen atoms in total. The first-order valence-electron chi connectivity index (χ1n) is 8.16. The van der Waals surface area contributed by atoms with Gasteiger partial charge in [-0.25, -0.2) is 14.4 Å². The second-order valence-electron chi connectivity index (χ2n) is 5.94. The van der Waals surface area contributed by atoms with Crippen LogP contribution in [-0.2, 0) is 0 Å². The molecular formula is C19H16FN5. The summed E-state index contributed by atoms with van der Waals surface area (Å²) in [6.07, 6.45) is 1.41. The van der Waals surface area contributed by atoms with Crippen LogP contribution in [0.15, 0.2) is 48.8 Å². The average Bonchev–Trinajstić information content (AvgIpc) is 2.68. The fourth-order valence-electron chi connectivity index (χ4n) is 3.29. The van der Waals surface area contributed by atoms with E-state index in [4.69, 9.17) is 0 Å². The van der Waals surface area contributed by atoms with E-state index in [-0.39, 0.29) is 5.82 Å². The molecule has 2 aromatic carbocycles. The predicted molar refractivity (Wildman–Crippen MR) is 95.1 cm³/mol. The number of benzene rings is 2. The lowest BCUT2D eigenvalue weighted by Gasteiger charge is -2.37. The molecule has 1 fully saturated rings. The van der Waals surface area contributed by atoms with Crippen LogP contribution in [0.4, 0.5) is 15.9 Å². The van der Waals surface area contributed by atoms with Gasteiger partial charge in [0.05, 0.1) is 11.3 Å². The van der Waals surface area contributed by atoms with E-state index >= 15 is 0 Å². The minimum Gasteiger partial charge on any atom is -0.367 e. The van der Waals surface area contributed by atoms with Gasteiger partial charge in [-0.2, -0.15) is 5.26 Å². The Bertz CT molecular complexity index is 957. The van der Waals surface area contributed by atoms with Crippen LogP contribution < -0.4 is 9.80 Å². The average molecular weight is 333 g/mol. The van der Waals surface area contributed by atoms with E-state index in [2.05, 4.69) is 25.8 Å². The quantitative estimate of drug-likeness (QED) is 0.722. The monoisotopic (exact) mass is 333 g/mol. The van der Waals surface area contributed by atoms with Crippen LogP contribution >= 0.6 is 0 Å². The molecule has 0 bridgehead atoms. The number of hydrogen-bond acceptors (Lipinski definition) is 5.